The summed E-state index contributed by atoms with van der Waals surface area (Å²) in [5, 5.41) is 20.6. The van der Waals surface area contributed by atoms with Crippen LogP contribution in [-0.4, -0.2) is 29.7 Å². The van der Waals surface area contributed by atoms with Gasteiger partial charge in [-0.15, -0.1) is 0 Å². The van der Waals surface area contributed by atoms with Crippen molar-refractivity contribution < 1.29 is 19.4 Å². The number of rotatable bonds is 6. The Labute approximate surface area is 183 Å². The molecule has 3 rings (SSSR count). The molecule has 0 saturated heterocycles. The third-order valence-electron chi connectivity index (χ3n) is 4.94. The van der Waals surface area contributed by atoms with Crippen molar-refractivity contribution in [3.63, 3.8) is 0 Å². The first kappa shape index (κ1) is 21.9. The Hall–Kier alpha value is -3.76. The number of methoxy groups -OCH3 is 2. The molecule has 0 amide bonds. The van der Waals surface area contributed by atoms with Crippen LogP contribution in [0.1, 0.15) is 32.6 Å². The van der Waals surface area contributed by atoms with Crippen LogP contribution in [0.15, 0.2) is 47.3 Å². The molecule has 2 aromatic carbocycles. The fraction of sp³-hybridized carbons (Fsp3) is 0.174. The number of carbonyl (C=O) groups excluding carboxylic acids is 1. The van der Waals surface area contributed by atoms with Crippen LogP contribution in [0.2, 0.25) is 5.02 Å². The van der Waals surface area contributed by atoms with Crippen LogP contribution in [-0.2, 0) is 6.54 Å². The quantitative estimate of drug-likeness (QED) is 0.589. The Kier molecular flexibility index (Phi) is 6.33. The van der Waals surface area contributed by atoms with E-state index in [1.54, 1.807) is 24.3 Å². The summed E-state index contributed by atoms with van der Waals surface area (Å²) in [6, 6.07) is 13.2. The van der Waals surface area contributed by atoms with Crippen molar-refractivity contribution in [3.05, 3.63) is 85.7 Å². The van der Waals surface area contributed by atoms with Crippen LogP contribution in [0.4, 0.5) is 0 Å². The van der Waals surface area contributed by atoms with Gasteiger partial charge in [-0.2, -0.15) is 5.26 Å². The van der Waals surface area contributed by atoms with Gasteiger partial charge in [0.2, 0.25) is 5.88 Å². The molecule has 0 radical (unpaired) electrons. The highest BCUT2D eigenvalue weighted by Gasteiger charge is 2.25. The van der Waals surface area contributed by atoms with Gasteiger partial charge in [-0.05, 0) is 48.4 Å². The molecule has 0 bridgehead atoms. The Morgan fingerprint density at radius 2 is 1.84 bits per heavy atom. The molecule has 0 saturated carbocycles. The Bertz CT molecular complexity index is 1260. The van der Waals surface area contributed by atoms with Gasteiger partial charge in [-0.1, -0.05) is 23.7 Å². The van der Waals surface area contributed by atoms with E-state index >= 15 is 0 Å². The van der Waals surface area contributed by atoms with Gasteiger partial charge in [0, 0.05) is 5.56 Å². The molecule has 3 aromatic rings. The second-order valence-corrected chi connectivity index (χ2v) is 7.14. The van der Waals surface area contributed by atoms with Crippen molar-refractivity contribution in [1.29, 1.82) is 5.26 Å². The first-order valence-electron chi connectivity index (χ1n) is 9.20. The van der Waals surface area contributed by atoms with E-state index in [9.17, 15) is 20.0 Å². The average molecular weight is 439 g/mol. The molecule has 31 heavy (non-hydrogen) atoms. The topological polar surface area (TPSA) is 102 Å². The fourth-order valence-electron chi connectivity index (χ4n) is 3.23. The third kappa shape index (κ3) is 4.11. The number of ketones is 1. The van der Waals surface area contributed by atoms with Crippen LogP contribution < -0.4 is 15.0 Å². The summed E-state index contributed by atoms with van der Waals surface area (Å²) >= 11 is 6.13. The second-order valence-electron chi connectivity index (χ2n) is 6.73. The summed E-state index contributed by atoms with van der Waals surface area (Å²) in [7, 11) is 2.99. The summed E-state index contributed by atoms with van der Waals surface area (Å²) in [6.07, 6.45) is 0. The lowest BCUT2D eigenvalue weighted by atomic mass is 9.97. The number of benzene rings is 2. The number of hydrogen-bond acceptors (Lipinski definition) is 6. The monoisotopic (exact) mass is 438 g/mol. The minimum atomic E-state index is -0.683. The molecule has 0 spiro atoms. The number of aromatic hydroxyl groups is 1. The van der Waals surface area contributed by atoms with E-state index in [1.165, 1.54) is 39.3 Å². The molecule has 0 unspecified atom stereocenters. The number of pyridine rings is 1. The summed E-state index contributed by atoms with van der Waals surface area (Å²) < 4.78 is 11.2. The van der Waals surface area contributed by atoms with Gasteiger partial charge < -0.3 is 14.6 Å². The largest absolute Gasteiger partial charge is 0.497 e. The average Bonchev–Trinajstić information content (AvgIpc) is 2.77. The highest BCUT2D eigenvalue weighted by molar-refractivity contribution is 6.32. The number of carbonyl (C=O) groups is 1. The van der Waals surface area contributed by atoms with E-state index in [4.69, 9.17) is 21.1 Å². The van der Waals surface area contributed by atoms with Gasteiger partial charge in [0.15, 0.2) is 5.78 Å². The van der Waals surface area contributed by atoms with Gasteiger partial charge >= 0.3 is 0 Å². The molecule has 0 fully saturated rings. The Morgan fingerprint density at radius 1 is 1.16 bits per heavy atom. The maximum absolute atomic E-state index is 13.2. The lowest BCUT2D eigenvalue weighted by Gasteiger charge is -2.16. The van der Waals surface area contributed by atoms with Crippen LogP contribution in [0, 0.1) is 18.3 Å². The van der Waals surface area contributed by atoms with Crippen LogP contribution >= 0.6 is 11.6 Å². The Morgan fingerprint density at radius 3 is 2.39 bits per heavy atom. The predicted molar refractivity (Wildman–Crippen MR) is 115 cm³/mol. The molecule has 0 aliphatic rings. The van der Waals surface area contributed by atoms with E-state index in [-0.39, 0.29) is 33.8 Å². The molecule has 1 aromatic heterocycles. The lowest BCUT2D eigenvalue weighted by Crippen LogP contribution is -2.27. The van der Waals surface area contributed by atoms with Crippen molar-refractivity contribution in [2.75, 3.05) is 14.2 Å². The highest BCUT2D eigenvalue weighted by atomic mass is 35.5. The molecular weight excluding hydrogens is 420 g/mol. The summed E-state index contributed by atoms with van der Waals surface area (Å²) in [5.74, 6) is -0.0654. The minimum absolute atomic E-state index is 0.0345. The molecule has 8 heteroatoms. The first-order valence-corrected chi connectivity index (χ1v) is 9.57. The van der Waals surface area contributed by atoms with Gasteiger partial charge in [-0.3, -0.25) is 14.2 Å². The summed E-state index contributed by atoms with van der Waals surface area (Å²) in [6.45, 7) is 1.42. The normalized spacial score (nSPS) is 10.4. The number of ether oxygens (including phenoxy) is 2. The van der Waals surface area contributed by atoms with E-state index in [1.807, 2.05) is 6.07 Å². The van der Waals surface area contributed by atoms with E-state index in [0.29, 0.717) is 17.1 Å². The van der Waals surface area contributed by atoms with Crippen molar-refractivity contribution in [2.45, 2.75) is 13.5 Å². The molecule has 1 N–H and O–H groups in total. The zero-order valence-electron chi connectivity index (χ0n) is 17.1. The smallest absolute Gasteiger partial charge is 0.271 e. The summed E-state index contributed by atoms with van der Waals surface area (Å²) in [4.78, 5) is 26.0. The third-order valence-corrected chi connectivity index (χ3v) is 5.24. The van der Waals surface area contributed by atoms with E-state index in [2.05, 4.69) is 0 Å². The van der Waals surface area contributed by atoms with Crippen LogP contribution in [0.3, 0.4) is 0 Å². The molecule has 0 aliphatic heterocycles. The van der Waals surface area contributed by atoms with E-state index < -0.39 is 17.2 Å². The molecule has 1 heterocycles. The zero-order chi connectivity index (χ0) is 22.7. The van der Waals surface area contributed by atoms with Crippen molar-refractivity contribution in [2.24, 2.45) is 0 Å². The molecule has 7 nitrogen and oxygen atoms in total. The number of halogens is 1. The van der Waals surface area contributed by atoms with Crippen LogP contribution in [0.25, 0.3) is 0 Å². The van der Waals surface area contributed by atoms with Crippen LogP contribution in [0.5, 0.6) is 17.4 Å². The van der Waals surface area contributed by atoms with Gasteiger partial charge in [0.25, 0.3) is 5.56 Å². The predicted octanol–water partition coefficient (Wildman–Crippen LogP) is 3.68. The number of hydrogen-bond donors (Lipinski definition) is 1. The zero-order valence-corrected chi connectivity index (χ0v) is 17.9. The molecule has 0 aliphatic carbocycles. The maximum atomic E-state index is 13.2. The first-order chi connectivity index (χ1) is 14.8. The molecule has 0 atom stereocenters. The SMILES string of the molecule is COc1ccc(Cn2c(O)c(C(=O)c3ccc(OC)c(Cl)c3)c(C)c(C#N)c2=O)cc1. The standard InChI is InChI=1S/C23H19ClN2O5/c1-13-17(11-25)22(28)26(12-14-4-7-16(30-2)8-5-14)23(29)20(13)21(27)15-6-9-19(31-3)18(24)10-15/h4-10,29H,12H2,1-3H3. The molecular formula is C23H19ClN2O5. The lowest BCUT2D eigenvalue weighted by molar-refractivity contribution is 0.103. The number of nitriles is 1. The van der Waals surface area contributed by atoms with Gasteiger partial charge in [-0.25, -0.2) is 0 Å². The fourth-order valence-corrected chi connectivity index (χ4v) is 3.49. The van der Waals surface area contributed by atoms with Gasteiger partial charge in [0.1, 0.15) is 23.1 Å². The second kappa shape index (κ2) is 8.94. The van der Waals surface area contributed by atoms with E-state index in [0.717, 1.165) is 4.57 Å². The van der Waals surface area contributed by atoms with Gasteiger partial charge in [0.05, 0.1) is 31.4 Å². The number of aromatic nitrogens is 1. The molecule has 158 valence electrons. The van der Waals surface area contributed by atoms with Crippen molar-refractivity contribution in [3.8, 4) is 23.4 Å². The maximum Gasteiger partial charge on any atom is 0.271 e. The van der Waals surface area contributed by atoms with Crippen molar-refractivity contribution >= 4 is 17.4 Å². The number of nitrogens with zero attached hydrogens (tertiary/aromatic N) is 2. The van der Waals surface area contributed by atoms with Crippen molar-refractivity contribution in [1.82, 2.24) is 4.57 Å². The highest BCUT2D eigenvalue weighted by Crippen LogP contribution is 2.30. The Balaban J connectivity index is 2.15. The summed E-state index contributed by atoms with van der Waals surface area (Å²) in [5.41, 5.74) is -0.0645. The minimum Gasteiger partial charge on any atom is -0.497 e.